The summed E-state index contributed by atoms with van der Waals surface area (Å²) in [6.07, 6.45) is 0. The minimum absolute atomic E-state index is 0.706. The zero-order chi connectivity index (χ0) is 13.8. The molecule has 0 aliphatic carbocycles. The monoisotopic (exact) mass is 342 g/mol. The highest BCUT2D eigenvalue weighted by Gasteiger charge is 2.23. The summed E-state index contributed by atoms with van der Waals surface area (Å²) in [7, 11) is 0. The van der Waals surface area contributed by atoms with Crippen molar-refractivity contribution in [2.75, 3.05) is 24.5 Å². The summed E-state index contributed by atoms with van der Waals surface area (Å²) >= 11 is 5.83. The molecule has 4 heteroatoms. The topological polar surface area (TPSA) is 15.3 Å². The molecule has 1 aromatic rings. The summed E-state index contributed by atoms with van der Waals surface area (Å²) in [5.41, 5.74) is 2.67. The SMILES string of the molecule is CCNCc1ccc(N2CC(C)SC(C)C2)c(Br)c1. The van der Waals surface area contributed by atoms with Crippen molar-refractivity contribution in [3.63, 3.8) is 0 Å². The smallest absolute Gasteiger partial charge is 0.0511 e. The molecule has 0 bridgehead atoms. The van der Waals surface area contributed by atoms with Crippen molar-refractivity contribution in [3.8, 4) is 0 Å². The first-order valence-corrected chi connectivity index (χ1v) is 8.73. The molecule has 0 spiro atoms. The molecule has 1 aromatic carbocycles. The second-order valence-corrected chi connectivity index (χ2v) is 7.96. The van der Waals surface area contributed by atoms with Crippen molar-refractivity contribution in [1.82, 2.24) is 5.32 Å². The van der Waals surface area contributed by atoms with Gasteiger partial charge in [-0.15, -0.1) is 0 Å². The number of anilines is 1. The highest BCUT2D eigenvalue weighted by molar-refractivity contribution is 9.10. The lowest BCUT2D eigenvalue weighted by Gasteiger charge is -2.36. The molecule has 1 N–H and O–H groups in total. The third kappa shape index (κ3) is 4.14. The van der Waals surface area contributed by atoms with Gasteiger partial charge in [-0.2, -0.15) is 11.8 Å². The molecule has 2 unspecified atom stereocenters. The van der Waals surface area contributed by atoms with Crippen molar-refractivity contribution in [1.29, 1.82) is 0 Å². The lowest BCUT2D eigenvalue weighted by Crippen LogP contribution is -2.40. The number of nitrogens with zero attached hydrogens (tertiary/aromatic N) is 1. The maximum absolute atomic E-state index is 3.74. The Bertz CT molecular complexity index is 415. The van der Waals surface area contributed by atoms with Gasteiger partial charge in [-0.05, 0) is 40.2 Å². The maximum atomic E-state index is 3.74. The van der Waals surface area contributed by atoms with Gasteiger partial charge >= 0.3 is 0 Å². The van der Waals surface area contributed by atoms with Crippen molar-refractivity contribution >= 4 is 33.4 Å². The van der Waals surface area contributed by atoms with E-state index in [-0.39, 0.29) is 0 Å². The van der Waals surface area contributed by atoms with E-state index in [2.05, 4.69) is 76.9 Å². The van der Waals surface area contributed by atoms with E-state index in [1.54, 1.807) is 0 Å². The van der Waals surface area contributed by atoms with Crippen LogP contribution in [0.15, 0.2) is 22.7 Å². The zero-order valence-electron chi connectivity index (χ0n) is 11.9. The molecule has 0 saturated carbocycles. The molecule has 106 valence electrons. The quantitative estimate of drug-likeness (QED) is 0.893. The van der Waals surface area contributed by atoms with E-state index in [0.717, 1.165) is 26.2 Å². The van der Waals surface area contributed by atoms with Crippen LogP contribution >= 0.6 is 27.7 Å². The Morgan fingerprint density at radius 2 is 2.00 bits per heavy atom. The first kappa shape index (κ1) is 15.2. The Morgan fingerprint density at radius 1 is 1.32 bits per heavy atom. The molecule has 1 fully saturated rings. The number of hydrogen-bond acceptors (Lipinski definition) is 3. The minimum atomic E-state index is 0.706. The van der Waals surface area contributed by atoms with E-state index >= 15 is 0 Å². The van der Waals surface area contributed by atoms with Crippen LogP contribution < -0.4 is 10.2 Å². The molecule has 0 radical (unpaired) electrons. The third-order valence-electron chi connectivity index (χ3n) is 3.35. The van der Waals surface area contributed by atoms with Crippen LogP contribution in [0, 0.1) is 0 Å². The van der Waals surface area contributed by atoms with E-state index in [4.69, 9.17) is 0 Å². The molecule has 1 aliphatic rings. The van der Waals surface area contributed by atoms with E-state index in [9.17, 15) is 0 Å². The lowest BCUT2D eigenvalue weighted by molar-refractivity contribution is 0.719. The second-order valence-electron chi connectivity index (χ2n) is 5.23. The van der Waals surface area contributed by atoms with Gasteiger partial charge in [0.05, 0.1) is 5.69 Å². The van der Waals surface area contributed by atoms with Gasteiger partial charge in [0.15, 0.2) is 0 Å². The van der Waals surface area contributed by atoms with Gasteiger partial charge in [0, 0.05) is 34.6 Å². The van der Waals surface area contributed by atoms with Gasteiger partial charge in [-0.3, -0.25) is 0 Å². The summed E-state index contributed by atoms with van der Waals surface area (Å²) in [5.74, 6) is 0. The molecule has 1 aliphatic heterocycles. The summed E-state index contributed by atoms with van der Waals surface area (Å²) < 4.78 is 1.22. The maximum Gasteiger partial charge on any atom is 0.0511 e. The van der Waals surface area contributed by atoms with Crippen LogP contribution in [-0.4, -0.2) is 30.1 Å². The van der Waals surface area contributed by atoms with Gasteiger partial charge in [-0.25, -0.2) is 0 Å². The molecule has 2 nitrogen and oxygen atoms in total. The number of hydrogen-bond donors (Lipinski definition) is 1. The fraction of sp³-hybridized carbons (Fsp3) is 0.600. The van der Waals surface area contributed by atoms with Crippen molar-refractivity contribution < 1.29 is 0 Å². The largest absolute Gasteiger partial charge is 0.368 e. The Balaban J connectivity index is 2.11. The number of halogens is 1. The Morgan fingerprint density at radius 3 is 2.58 bits per heavy atom. The van der Waals surface area contributed by atoms with Crippen LogP contribution in [0.3, 0.4) is 0 Å². The van der Waals surface area contributed by atoms with Gasteiger partial charge in [-0.1, -0.05) is 26.8 Å². The molecule has 1 saturated heterocycles. The van der Waals surface area contributed by atoms with Crippen LogP contribution in [0.1, 0.15) is 26.3 Å². The summed E-state index contributed by atoms with van der Waals surface area (Å²) in [5, 5.41) is 4.78. The van der Waals surface area contributed by atoms with Crippen molar-refractivity contribution in [2.24, 2.45) is 0 Å². The van der Waals surface area contributed by atoms with Crippen LogP contribution in [0.25, 0.3) is 0 Å². The number of rotatable bonds is 4. The highest BCUT2D eigenvalue weighted by atomic mass is 79.9. The predicted molar refractivity (Wildman–Crippen MR) is 90.3 cm³/mol. The van der Waals surface area contributed by atoms with Crippen LogP contribution in [0.4, 0.5) is 5.69 Å². The third-order valence-corrected chi connectivity index (χ3v) is 5.21. The van der Waals surface area contributed by atoms with Crippen LogP contribution in [0.2, 0.25) is 0 Å². The fourth-order valence-electron chi connectivity index (χ4n) is 2.56. The molecule has 2 atom stereocenters. The van der Waals surface area contributed by atoms with E-state index in [0.29, 0.717) is 10.5 Å². The average molecular weight is 343 g/mol. The highest BCUT2D eigenvalue weighted by Crippen LogP contribution is 2.33. The Labute approximate surface area is 129 Å². The first-order chi connectivity index (χ1) is 9.10. The van der Waals surface area contributed by atoms with Crippen LogP contribution in [0.5, 0.6) is 0 Å². The van der Waals surface area contributed by atoms with Gasteiger partial charge < -0.3 is 10.2 Å². The number of nitrogens with one attached hydrogen (secondary N) is 1. The summed E-state index contributed by atoms with van der Waals surface area (Å²) in [6, 6.07) is 6.74. The Kier molecular flexibility index (Phi) is 5.60. The molecular formula is C15H23BrN2S. The van der Waals surface area contributed by atoms with Gasteiger partial charge in [0.1, 0.15) is 0 Å². The standard InChI is InChI=1S/C15H23BrN2S/c1-4-17-8-13-5-6-15(14(16)7-13)18-9-11(2)19-12(3)10-18/h5-7,11-12,17H,4,8-10H2,1-3H3. The average Bonchev–Trinajstić information content (AvgIpc) is 2.35. The number of thioether (sulfide) groups is 1. The molecular weight excluding hydrogens is 320 g/mol. The second kappa shape index (κ2) is 7.00. The minimum Gasteiger partial charge on any atom is -0.368 e. The summed E-state index contributed by atoms with van der Waals surface area (Å²) in [4.78, 5) is 2.51. The first-order valence-electron chi connectivity index (χ1n) is 6.99. The molecule has 2 rings (SSSR count). The van der Waals surface area contributed by atoms with Crippen molar-refractivity contribution in [2.45, 2.75) is 37.8 Å². The summed E-state index contributed by atoms with van der Waals surface area (Å²) in [6.45, 7) is 11.0. The van der Waals surface area contributed by atoms with Crippen LogP contribution in [-0.2, 0) is 6.54 Å². The molecule has 0 amide bonds. The van der Waals surface area contributed by atoms with E-state index in [1.807, 2.05) is 0 Å². The molecule has 1 heterocycles. The fourth-order valence-corrected chi connectivity index (χ4v) is 4.56. The van der Waals surface area contributed by atoms with E-state index in [1.165, 1.54) is 15.7 Å². The van der Waals surface area contributed by atoms with Crippen molar-refractivity contribution in [3.05, 3.63) is 28.2 Å². The molecule has 19 heavy (non-hydrogen) atoms. The normalized spacial score (nSPS) is 23.7. The molecule has 0 aromatic heterocycles. The van der Waals surface area contributed by atoms with E-state index < -0.39 is 0 Å². The predicted octanol–water partition coefficient (Wildman–Crippen LogP) is 3.89. The lowest BCUT2D eigenvalue weighted by atomic mass is 10.1. The Hall–Kier alpha value is -0.190. The zero-order valence-corrected chi connectivity index (χ0v) is 14.4. The number of benzene rings is 1. The van der Waals surface area contributed by atoms with Gasteiger partial charge in [0.2, 0.25) is 0 Å². The van der Waals surface area contributed by atoms with Gasteiger partial charge in [0.25, 0.3) is 0 Å².